The lowest BCUT2D eigenvalue weighted by molar-refractivity contribution is 0.0437. The minimum atomic E-state index is -4.15. The van der Waals surface area contributed by atoms with E-state index in [1.807, 2.05) is 133 Å². The maximum atomic E-state index is 17.8. The Kier molecular flexibility index (Phi) is 7.05. The van der Waals surface area contributed by atoms with Crippen molar-refractivity contribution in [3.05, 3.63) is 91.0 Å². The molecule has 254 valence electrons. The van der Waals surface area contributed by atoms with Gasteiger partial charge in [0.2, 0.25) is 0 Å². The van der Waals surface area contributed by atoms with Crippen LogP contribution < -0.4 is 44.3 Å². The normalized spacial score (nSPS) is 24.0. The van der Waals surface area contributed by atoms with E-state index in [0.29, 0.717) is 50.4 Å². The quantitative estimate of drug-likeness (QED) is 0.173. The van der Waals surface area contributed by atoms with Gasteiger partial charge in [0.1, 0.15) is 36.6 Å². The second-order valence-corrected chi connectivity index (χ2v) is 16.4. The van der Waals surface area contributed by atoms with E-state index in [1.54, 1.807) is 0 Å². The predicted molar refractivity (Wildman–Crippen MR) is 199 cm³/mol. The van der Waals surface area contributed by atoms with Crippen LogP contribution in [0.1, 0.15) is 41.5 Å². The van der Waals surface area contributed by atoms with Crippen LogP contribution in [-0.2, 0) is 4.57 Å². The van der Waals surface area contributed by atoms with E-state index in [2.05, 4.69) is 0 Å². The summed E-state index contributed by atoms with van der Waals surface area (Å²) in [6, 6.07) is 30.0. The SMILES string of the molecule is C[C@@H]1Oc2cc3ccccc3c(P(=O)(c3c4c(cc5ccccc35)O[C@@H](C)[C@H](C)O4)c3c4c(cc5ccccc35)O[C@@H](C)[C@H](C)O4)c2O[C@H]1C. The molecule has 0 bridgehead atoms. The third kappa shape index (κ3) is 4.52. The summed E-state index contributed by atoms with van der Waals surface area (Å²) in [4.78, 5) is 0. The summed E-state index contributed by atoms with van der Waals surface area (Å²) in [5.41, 5.74) is 0. The van der Waals surface area contributed by atoms with E-state index >= 15 is 4.57 Å². The molecule has 0 N–H and O–H groups in total. The van der Waals surface area contributed by atoms with Crippen LogP contribution in [0.15, 0.2) is 91.0 Å². The molecule has 0 fully saturated rings. The van der Waals surface area contributed by atoms with Crippen LogP contribution in [0, 0.1) is 0 Å². The van der Waals surface area contributed by atoms with Crippen molar-refractivity contribution in [3.63, 3.8) is 0 Å². The number of benzene rings is 6. The molecule has 6 aromatic carbocycles. The van der Waals surface area contributed by atoms with Crippen LogP contribution in [-0.4, -0.2) is 36.6 Å². The molecule has 0 radical (unpaired) electrons. The Morgan fingerprint density at radius 3 is 0.960 bits per heavy atom. The zero-order valence-corrected chi connectivity index (χ0v) is 29.8. The highest BCUT2D eigenvalue weighted by molar-refractivity contribution is 7.87. The fourth-order valence-electron chi connectivity index (χ4n) is 7.46. The zero-order valence-electron chi connectivity index (χ0n) is 28.9. The van der Waals surface area contributed by atoms with Gasteiger partial charge in [-0.3, -0.25) is 0 Å². The van der Waals surface area contributed by atoms with Crippen molar-refractivity contribution in [1.29, 1.82) is 0 Å². The highest BCUT2D eigenvalue weighted by atomic mass is 31.2. The van der Waals surface area contributed by atoms with E-state index in [4.69, 9.17) is 28.4 Å². The van der Waals surface area contributed by atoms with Crippen molar-refractivity contribution in [2.45, 2.75) is 78.2 Å². The molecule has 8 heteroatoms. The lowest BCUT2D eigenvalue weighted by atomic mass is 10.1. The third-order valence-corrected chi connectivity index (χ3v) is 13.8. The minimum Gasteiger partial charge on any atom is -0.483 e. The van der Waals surface area contributed by atoms with Gasteiger partial charge in [0.15, 0.2) is 41.6 Å². The molecule has 50 heavy (non-hydrogen) atoms. The van der Waals surface area contributed by atoms with E-state index in [0.717, 1.165) is 32.3 Å². The summed E-state index contributed by atoms with van der Waals surface area (Å²) in [6.07, 6.45) is -1.57. The van der Waals surface area contributed by atoms with Crippen LogP contribution in [0.2, 0.25) is 0 Å². The number of hydrogen-bond donors (Lipinski definition) is 0. The summed E-state index contributed by atoms with van der Waals surface area (Å²) >= 11 is 0. The Morgan fingerprint density at radius 2 is 0.660 bits per heavy atom. The van der Waals surface area contributed by atoms with E-state index in [9.17, 15) is 0 Å². The number of hydrogen-bond acceptors (Lipinski definition) is 7. The lowest BCUT2D eigenvalue weighted by Crippen LogP contribution is -2.41. The van der Waals surface area contributed by atoms with E-state index in [-0.39, 0.29) is 36.6 Å². The Morgan fingerprint density at radius 1 is 0.400 bits per heavy atom. The monoisotopic (exact) mass is 686 g/mol. The molecule has 3 aliphatic heterocycles. The standard InChI is InChI=1S/C42H39O7P/c1-22-25(4)47-37-34(44-22)19-28-13-7-10-16-31(28)40(37)50(43,41-32-17-11-8-14-29(32)20-35-38(41)48-26(5)23(2)45-35)42-33-18-12-9-15-30(33)21-36-39(42)49-27(6)24(3)46-36/h7-27H,1-6H3/t22-,23-,24-,25-,26-,27-/m0/s1. The maximum Gasteiger partial charge on any atom is 0.184 e. The highest BCUT2D eigenvalue weighted by Gasteiger charge is 2.48. The van der Waals surface area contributed by atoms with Crippen molar-refractivity contribution in [2.24, 2.45) is 0 Å². The summed E-state index contributed by atoms with van der Waals surface area (Å²) < 4.78 is 58.0. The number of rotatable bonds is 3. The largest absolute Gasteiger partial charge is 0.483 e. The van der Waals surface area contributed by atoms with Gasteiger partial charge in [0, 0.05) is 0 Å². The molecule has 0 unspecified atom stereocenters. The predicted octanol–water partition coefficient (Wildman–Crippen LogP) is 8.43. The Hall–Kier alpha value is -4.87. The van der Waals surface area contributed by atoms with Crippen LogP contribution in [0.4, 0.5) is 0 Å². The second-order valence-electron chi connectivity index (χ2n) is 13.9. The topological polar surface area (TPSA) is 72.5 Å². The molecule has 7 nitrogen and oxygen atoms in total. The van der Waals surface area contributed by atoms with Crippen molar-refractivity contribution in [3.8, 4) is 34.5 Å². The maximum absolute atomic E-state index is 17.8. The van der Waals surface area contributed by atoms with Gasteiger partial charge in [-0.05, 0) is 92.1 Å². The van der Waals surface area contributed by atoms with Crippen LogP contribution >= 0.6 is 7.14 Å². The van der Waals surface area contributed by atoms with Gasteiger partial charge in [-0.25, -0.2) is 0 Å². The molecular weight excluding hydrogens is 647 g/mol. The molecule has 9 rings (SSSR count). The third-order valence-electron chi connectivity index (χ3n) is 10.6. The fourth-order valence-corrected chi connectivity index (χ4v) is 11.1. The average Bonchev–Trinajstić information content (AvgIpc) is 3.10. The fraction of sp³-hybridized carbons (Fsp3) is 0.286. The summed E-state index contributed by atoms with van der Waals surface area (Å²) in [5.74, 6) is 3.01. The van der Waals surface area contributed by atoms with Crippen molar-refractivity contribution in [1.82, 2.24) is 0 Å². The second kappa shape index (κ2) is 11.3. The molecule has 3 aliphatic rings. The van der Waals surface area contributed by atoms with Crippen LogP contribution in [0.5, 0.6) is 34.5 Å². The molecule has 0 aromatic heterocycles. The van der Waals surface area contributed by atoms with Crippen molar-refractivity contribution < 1.29 is 33.0 Å². The molecular formula is C42H39O7P. The minimum absolute atomic E-state index is 0.218. The van der Waals surface area contributed by atoms with Gasteiger partial charge in [0.05, 0.1) is 15.9 Å². The zero-order chi connectivity index (χ0) is 34.5. The molecule has 0 saturated heterocycles. The molecule has 6 aromatic rings. The van der Waals surface area contributed by atoms with Crippen LogP contribution in [0.3, 0.4) is 0 Å². The molecule has 3 heterocycles. The Bertz CT molecular complexity index is 2140. The van der Waals surface area contributed by atoms with Crippen LogP contribution in [0.25, 0.3) is 32.3 Å². The van der Waals surface area contributed by atoms with Gasteiger partial charge < -0.3 is 33.0 Å². The van der Waals surface area contributed by atoms with Gasteiger partial charge in [-0.1, -0.05) is 72.8 Å². The molecule has 0 aliphatic carbocycles. The summed E-state index contributed by atoms with van der Waals surface area (Å²) in [5, 5.41) is 6.62. The van der Waals surface area contributed by atoms with E-state index < -0.39 is 7.14 Å². The van der Waals surface area contributed by atoms with Gasteiger partial charge >= 0.3 is 0 Å². The first-order valence-electron chi connectivity index (χ1n) is 17.4. The van der Waals surface area contributed by atoms with Gasteiger partial charge in [0.25, 0.3) is 0 Å². The Balaban J connectivity index is 1.54. The van der Waals surface area contributed by atoms with Crippen molar-refractivity contribution in [2.75, 3.05) is 0 Å². The highest BCUT2D eigenvalue weighted by Crippen LogP contribution is 2.60. The molecule has 0 saturated carbocycles. The van der Waals surface area contributed by atoms with Gasteiger partial charge in [-0.2, -0.15) is 0 Å². The number of fused-ring (bicyclic) bond motifs is 6. The first kappa shape index (κ1) is 31.1. The smallest absolute Gasteiger partial charge is 0.184 e. The summed E-state index contributed by atoms with van der Waals surface area (Å²) in [6.45, 7) is 11.9. The molecule has 0 spiro atoms. The average molecular weight is 687 g/mol. The molecule has 6 atom stereocenters. The van der Waals surface area contributed by atoms with E-state index in [1.165, 1.54) is 0 Å². The lowest BCUT2D eigenvalue weighted by Gasteiger charge is -2.38. The van der Waals surface area contributed by atoms with Crippen molar-refractivity contribution >= 4 is 55.4 Å². The summed E-state index contributed by atoms with van der Waals surface area (Å²) in [7, 11) is -4.15. The molecule has 0 amide bonds. The van der Waals surface area contributed by atoms with Gasteiger partial charge in [-0.15, -0.1) is 0 Å². The first-order chi connectivity index (χ1) is 24.1. The number of ether oxygens (including phenoxy) is 6. The Labute approximate surface area is 291 Å². The first-order valence-corrected chi connectivity index (χ1v) is 19.1.